The summed E-state index contributed by atoms with van der Waals surface area (Å²) < 4.78 is 0. The van der Waals surface area contributed by atoms with Crippen LogP contribution in [0.2, 0.25) is 0 Å². The van der Waals surface area contributed by atoms with Crippen molar-refractivity contribution in [3.05, 3.63) is 71.1 Å². The number of rotatable bonds is 8. The monoisotopic (exact) mass is 393 g/mol. The van der Waals surface area contributed by atoms with E-state index in [2.05, 4.69) is 29.7 Å². The molecule has 0 saturated carbocycles. The van der Waals surface area contributed by atoms with Crippen LogP contribution in [-0.4, -0.2) is 41.8 Å². The Morgan fingerprint density at radius 1 is 1.14 bits per heavy atom. The lowest BCUT2D eigenvalue weighted by atomic mass is 9.95. The minimum atomic E-state index is -0.299. The van der Waals surface area contributed by atoms with Gasteiger partial charge in [-0.3, -0.25) is 9.59 Å². The molecular weight excluding hydrogens is 366 g/mol. The smallest absolute Gasteiger partial charge is 0.257 e. The number of nitrogens with one attached hydrogen (secondary N) is 2. The number of aromatic hydroxyl groups is 1. The number of nitrogens with zero attached hydrogens (tertiary/aromatic N) is 1. The van der Waals surface area contributed by atoms with Gasteiger partial charge in [-0.1, -0.05) is 43.3 Å². The summed E-state index contributed by atoms with van der Waals surface area (Å²) >= 11 is 0. The second-order valence-corrected chi connectivity index (χ2v) is 7.42. The van der Waals surface area contributed by atoms with Crippen molar-refractivity contribution in [1.29, 1.82) is 0 Å². The summed E-state index contributed by atoms with van der Waals surface area (Å²) in [6.45, 7) is 2.11. The highest BCUT2D eigenvalue weighted by atomic mass is 16.3. The van der Waals surface area contributed by atoms with Gasteiger partial charge in [-0.25, -0.2) is 0 Å². The Kier molecular flexibility index (Phi) is 6.22. The zero-order valence-corrected chi connectivity index (χ0v) is 17.0. The van der Waals surface area contributed by atoms with Crippen LogP contribution in [0.15, 0.2) is 59.9 Å². The predicted octanol–water partition coefficient (Wildman–Crippen LogP) is 3.30. The van der Waals surface area contributed by atoms with Gasteiger partial charge in [0.1, 0.15) is 5.70 Å². The van der Waals surface area contributed by atoms with Gasteiger partial charge < -0.3 is 20.6 Å². The van der Waals surface area contributed by atoms with Gasteiger partial charge in [-0.05, 0) is 30.5 Å². The maximum Gasteiger partial charge on any atom is 0.257 e. The van der Waals surface area contributed by atoms with Crippen molar-refractivity contribution in [3.8, 4) is 5.75 Å². The first-order valence-corrected chi connectivity index (χ1v) is 9.78. The molecule has 0 spiro atoms. The zero-order valence-electron chi connectivity index (χ0n) is 17.0. The Bertz CT molecular complexity index is 936. The molecule has 0 saturated heterocycles. The normalized spacial score (nSPS) is 14.2. The number of hydrogen-bond donors (Lipinski definition) is 3. The largest absolute Gasteiger partial charge is 0.505 e. The highest BCUT2D eigenvalue weighted by molar-refractivity contribution is 6.07. The lowest BCUT2D eigenvalue weighted by molar-refractivity contribution is -0.116. The van der Waals surface area contributed by atoms with Crippen molar-refractivity contribution in [2.24, 2.45) is 0 Å². The number of carbonyl (C=O) groups excluding carboxylic acids is 2. The third-order valence-corrected chi connectivity index (χ3v) is 5.05. The number of benzene rings is 2. The molecule has 1 unspecified atom stereocenters. The van der Waals surface area contributed by atoms with E-state index in [9.17, 15) is 14.7 Å². The van der Waals surface area contributed by atoms with E-state index in [1.165, 1.54) is 10.5 Å². The molecule has 29 heavy (non-hydrogen) atoms. The molecule has 0 heterocycles. The first-order valence-electron chi connectivity index (χ1n) is 9.78. The molecule has 3 rings (SSSR count). The summed E-state index contributed by atoms with van der Waals surface area (Å²) in [5.74, 6) is -0.479. The Labute approximate surface area is 171 Å². The third kappa shape index (κ3) is 4.59. The Morgan fingerprint density at radius 3 is 2.48 bits per heavy atom. The minimum absolute atomic E-state index is 0.0224. The summed E-state index contributed by atoms with van der Waals surface area (Å²) in [6, 6.07) is 15.3. The minimum Gasteiger partial charge on any atom is -0.505 e. The van der Waals surface area contributed by atoms with Gasteiger partial charge in [-0.2, -0.15) is 0 Å². The van der Waals surface area contributed by atoms with Crippen LogP contribution in [0.4, 0.5) is 5.69 Å². The Morgan fingerprint density at radius 2 is 1.86 bits per heavy atom. The molecule has 1 atom stereocenters. The van der Waals surface area contributed by atoms with Crippen LogP contribution in [-0.2, 0) is 11.2 Å². The highest BCUT2D eigenvalue weighted by Gasteiger charge is 2.30. The molecule has 0 aromatic heterocycles. The molecular formula is C23H27N3O3. The predicted molar refractivity (Wildman–Crippen MR) is 114 cm³/mol. The van der Waals surface area contributed by atoms with Crippen molar-refractivity contribution in [1.82, 2.24) is 10.2 Å². The highest BCUT2D eigenvalue weighted by Crippen LogP contribution is 2.32. The molecule has 0 aliphatic heterocycles. The summed E-state index contributed by atoms with van der Waals surface area (Å²) in [6.07, 6.45) is 2.11. The maximum absolute atomic E-state index is 12.2. The SMILES string of the molecule is CCC(Cc1ccccc1)NC1=C(Nc2cccc(C(=O)N(C)C)c2O)C(=O)C1. The van der Waals surface area contributed by atoms with Crippen molar-refractivity contribution < 1.29 is 14.7 Å². The van der Waals surface area contributed by atoms with Crippen LogP contribution < -0.4 is 10.6 Å². The van der Waals surface area contributed by atoms with Crippen molar-refractivity contribution in [2.75, 3.05) is 19.4 Å². The Hall–Kier alpha value is -3.28. The number of phenols is 1. The second-order valence-electron chi connectivity index (χ2n) is 7.42. The standard InChI is InChI=1S/C23H27N3O3/c1-4-16(13-15-9-6-5-7-10-15)24-19-14-20(27)21(19)25-18-12-8-11-17(22(18)28)23(29)26(2)3/h5-12,16,24-25,28H,4,13-14H2,1-3H3. The summed E-state index contributed by atoms with van der Waals surface area (Å²) in [4.78, 5) is 25.8. The molecule has 0 fully saturated rings. The summed E-state index contributed by atoms with van der Waals surface area (Å²) in [7, 11) is 3.25. The van der Waals surface area contributed by atoms with E-state index in [1.807, 2.05) is 18.2 Å². The first-order chi connectivity index (χ1) is 13.9. The van der Waals surface area contributed by atoms with Crippen LogP contribution in [0.5, 0.6) is 5.75 Å². The average molecular weight is 393 g/mol. The van der Waals surface area contributed by atoms with Gasteiger partial charge in [0.25, 0.3) is 5.91 Å². The number of ketones is 1. The van der Waals surface area contributed by atoms with Crippen LogP contribution in [0.3, 0.4) is 0 Å². The van der Waals surface area contributed by atoms with E-state index in [0.717, 1.165) is 18.5 Å². The summed E-state index contributed by atoms with van der Waals surface area (Å²) in [5, 5.41) is 17.0. The van der Waals surface area contributed by atoms with Gasteiger partial charge in [0.05, 0.1) is 17.7 Å². The molecule has 6 heteroatoms. The second kappa shape index (κ2) is 8.82. The maximum atomic E-state index is 12.2. The molecule has 1 amide bonds. The molecule has 2 aromatic carbocycles. The fraction of sp³-hybridized carbons (Fsp3) is 0.304. The molecule has 0 bridgehead atoms. The van der Waals surface area contributed by atoms with E-state index in [-0.39, 0.29) is 29.0 Å². The van der Waals surface area contributed by atoms with Gasteiger partial charge >= 0.3 is 0 Å². The van der Waals surface area contributed by atoms with E-state index < -0.39 is 0 Å². The number of phenolic OH excluding ortho intramolecular Hbond substituents is 1. The van der Waals surface area contributed by atoms with Crippen molar-refractivity contribution in [2.45, 2.75) is 32.2 Å². The lowest BCUT2D eigenvalue weighted by Crippen LogP contribution is -2.38. The topological polar surface area (TPSA) is 81.7 Å². The average Bonchev–Trinajstić information content (AvgIpc) is 2.72. The van der Waals surface area contributed by atoms with Crippen LogP contribution in [0.1, 0.15) is 35.7 Å². The van der Waals surface area contributed by atoms with E-state index >= 15 is 0 Å². The molecule has 152 valence electrons. The fourth-order valence-corrected chi connectivity index (χ4v) is 3.30. The molecule has 1 aliphatic rings. The first kappa shape index (κ1) is 20.5. The lowest BCUT2D eigenvalue weighted by Gasteiger charge is -2.29. The summed E-state index contributed by atoms with van der Waals surface area (Å²) in [5.41, 5.74) is 3.05. The van der Waals surface area contributed by atoms with Crippen LogP contribution in [0, 0.1) is 0 Å². The van der Waals surface area contributed by atoms with Gasteiger partial charge in [-0.15, -0.1) is 0 Å². The van der Waals surface area contributed by atoms with Gasteiger partial charge in [0.2, 0.25) is 0 Å². The number of allylic oxidation sites excluding steroid dienone is 2. The van der Waals surface area contributed by atoms with Crippen LogP contribution in [0.25, 0.3) is 0 Å². The van der Waals surface area contributed by atoms with Gasteiger partial charge in [0.15, 0.2) is 11.5 Å². The number of para-hydroxylation sites is 1. The van der Waals surface area contributed by atoms with Crippen LogP contribution >= 0.6 is 0 Å². The number of amides is 1. The number of hydrogen-bond acceptors (Lipinski definition) is 5. The number of carbonyl (C=O) groups is 2. The molecule has 6 nitrogen and oxygen atoms in total. The molecule has 0 radical (unpaired) electrons. The van der Waals surface area contributed by atoms with Gasteiger partial charge in [0, 0.05) is 25.8 Å². The quantitative estimate of drug-likeness (QED) is 0.600. The zero-order chi connectivity index (χ0) is 21.0. The van der Waals surface area contributed by atoms with E-state index in [1.54, 1.807) is 32.3 Å². The van der Waals surface area contributed by atoms with Crippen molar-refractivity contribution >= 4 is 17.4 Å². The molecule has 1 aliphatic carbocycles. The number of anilines is 1. The third-order valence-electron chi connectivity index (χ3n) is 5.05. The molecule has 2 aromatic rings. The van der Waals surface area contributed by atoms with Crippen molar-refractivity contribution in [3.63, 3.8) is 0 Å². The number of Topliss-reactive ketones (excluding diaryl/α,β-unsaturated/α-hetero) is 1. The van der Waals surface area contributed by atoms with E-state index in [0.29, 0.717) is 17.8 Å². The fourth-order valence-electron chi connectivity index (χ4n) is 3.30. The van der Waals surface area contributed by atoms with E-state index in [4.69, 9.17) is 0 Å². The molecule has 3 N–H and O–H groups in total. The Balaban J connectivity index is 1.77.